The van der Waals surface area contributed by atoms with Crippen molar-refractivity contribution in [3.8, 4) is 0 Å². The van der Waals surface area contributed by atoms with Crippen molar-refractivity contribution in [3.05, 3.63) is 58.6 Å². The Balaban J connectivity index is 2.10. The van der Waals surface area contributed by atoms with Crippen molar-refractivity contribution < 1.29 is 18.5 Å². The van der Waals surface area contributed by atoms with E-state index in [0.29, 0.717) is 15.6 Å². The summed E-state index contributed by atoms with van der Waals surface area (Å²) in [4.78, 5) is 24.9. The van der Waals surface area contributed by atoms with Crippen LogP contribution in [0.2, 0.25) is 5.02 Å². The molecule has 0 heterocycles. The van der Waals surface area contributed by atoms with Crippen LogP contribution < -0.4 is 5.32 Å². The smallest absolute Gasteiger partial charge is 0.340 e. The Hall–Kier alpha value is -2.18. The van der Waals surface area contributed by atoms with Crippen LogP contribution in [0.1, 0.15) is 22.8 Å². The average molecular weight is 380 g/mol. The summed E-state index contributed by atoms with van der Waals surface area (Å²) in [7, 11) is -1.34. The first-order chi connectivity index (χ1) is 11.8. The van der Waals surface area contributed by atoms with Crippen LogP contribution >= 0.6 is 11.6 Å². The van der Waals surface area contributed by atoms with E-state index in [2.05, 4.69) is 5.32 Å². The minimum Gasteiger partial charge on any atom is -0.449 e. The first kappa shape index (κ1) is 19.1. The van der Waals surface area contributed by atoms with Gasteiger partial charge in [0.15, 0.2) is 6.10 Å². The summed E-state index contributed by atoms with van der Waals surface area (Å²) in [6.45, 7) is 3.30. The lowest BCUT2D eigenvalue weighted by atomic mass is 10.2. The third-order valence-corrected chi connectivity index (χ3v) is 4.74. The maximum Gasteiger partial charge on any atom is 0.340 e. The monoisotopic (exact) mass is 379 g/mol. The fourth-order valence-electron chi connectivity index (χ4n) is 2.13. The number of halogens is 1. The Morgan fingerprint density at radius 1 is 1.20 bits per heavy atom. The summed E-state index contributed by atoms with van der Waals surface area (Å²) in [6, 6.07) is 11.6. The number of amides is 1. The lowest BCUT2D eigenvalue weighted by Crippen LogP contribution is -2.30. The first-order valence-corrected chi connectivity index (χ1v) is 9.43. The molecular weight excluding hydrogens is 362 g/mol. The van der Waals surface area contributed by atoms with Crippen LogP contribution in [0, 0.1) is 6.92 Å². The lowest BCUT2D eigenvalue weighted by Gasteiger charge is -2.15. The summed E-state index contributed by atoms with van der Waals surface area (Å²) in [5.41, 5.74) is 1.57. The van der Waals surface area contributed by atoms with Gasteiger partial charge in [0.05, 0.1) is 21.3 Å². The molecule has 5 nitrogen and oxygen atoms in total. The average Bonchev–Trinajstić information content (AvgIpc) is 2.57. The largest absolute Gasteiger partial charge is 0.449 e. The van der Waals surface area contributed by atoms with Crippen LogP contribution in [0.5, 0.6) is 0 Å². The number of benzene rings is 2. The molecule has 0 fully saturated rings. The van der Waals surface area contributed by atoms with Gasteiger partial charge in [0, 0.05) is 17.0 Å². The fraction of sp³-hybridized carbons (Fsp3) is 0.222. The minimum atomic E-state index is -1.34. The SMILES string of the molecule is Cc1ccc(Cl)cc1NC(=O)[C@H](C)OC(=O)c1ccccc1[S@](C)=O. The molecule has 0 saturated carbocycles. The molecule has 0 aliphatic heterocycles. The summed E-state index contributed by atoms with van der Waals surface area (Å²) < 4.78 is 16.9. The topological polar surface area (TPSA) is 72.5 Å². The maximum atomic E-state index is 12.3. The zero-order valence-corrected chi connectivity index (χ0v) is 15.6. The standard InChI is InChI=1S/C18H18ClNO4S/c1-11-8-9-13(19)10-15(11)20-17(21)12(2)24-18(22)14-6-4-5-7-16(14)25(3)23/h4-10,12H,1-3H3,(H,20,21)/t12-,25-/m0/s1. The number of carbonyl (C=O) groups is 2. The maximum absolute atomic E-state index is 12.3. The van der Waals surface area contributed by atoms with Crippen molar-refractivity contribution in [2.24, 2.45) is 0 Å². The predicted molar refractivity (Wildman–Crippen MR) is 98.5 cm³/mol. The lowest BCUT2D eigenvalue weighted by molar-refractivity contribution is -0.123. The van der Waals surface area contributed by atoms with Gasteiger partial charge in [-0.15, -0.1) is 0 Å². The van der Waals surface area contributed by atoms with Gasteiger partial charge in [-0.3, -0.25) is 9.00 Å². The van der Waals surface area contributed by atoms with Crippen molar-refractivity contribution in [1.82, 2.24) is 0 Å². The van der Waals surface area contributed by atoms with E-state index in [0.717, 1.165) is 5.56 Å². The number of hydrogen-bond donors (Lipinski definition) is 1. The highest BCUT2D eigenvalue weighted by Crippen LogP contribution is 2.21. The molecule has 0 aromatic heterocycles. The van der Waals surface area contributed by atoms with E-state index in [4.69, 9.17) is 16.3 Å². The predicted octanol–water partition coefficient (Wildman–Crippen LogP) is 3.57. The van der Waals surface area contributed by atoms with Gasteiger partial charge >= 0.3 is 5.97 Å². The molecule has 0 bridgehead atoms. The van der Waals surface area contributed by atoms with E-state index >= 15 is 0 Å². The fourth-order valence-corrected chi connectivity index (χ4v) is 3.03. The molecule has 1 N–H and O–H groups in total. The van der Waals surface area contributed by atoms with E-state index in [1.165, 1.54) is 19.2 Å². The van der Waals surface area contributed by atoms with E-state index in [1.807, 2.05) is 6.92 Å². The highest BCUT2D eigenvalue weighted by Gasteiger charge is 2.22. The van der Waals surface area contributed by atoms with Crippen molar-refractivity contribution >= 4 is 40.0 Å². The van der Waals surface area contributed by atoms with Gasteiger partial charge < -0.3 is 10.1 Å². The van der Waals surface area contributed by atoms with E-state index in [9.17, 15) is 13.8 Å². The molecule has 2 aromatic rings. The van der Waals surface area contributed by atoms with Gasteiger partial charge in [0.1, 0.15) is 0 Å². The van der Waals surface area contributed by atoms with Gasteiger partial charge in [0.25, 0.3) is 5.91 Å². The second-order valence-corrected chi connectivity index (χ2v) is 7.23. The highest BCUT2D eigenvalue weighted by atomic mass is 35.5. The first-order valence-electron chi connectivity index (χ1n) is 7.50. The summed E-state index contributed by atoms with van der Waals surface area (Å²) in [6.07, 6.45) is 0.452. The second kappa shape index (κ2) is 8.27. The molecule has 0 saturated heterocycles. The van der Waals surface area contributed by atoms with Crippen LogP contribution in [0.3, 0.4) is 0 Å². The van der Waals surface area contributed by atoms with Crippen LogP contribution in [0.25, 0.3) is 0 Å². The van der Waals surface area contributed by atoms with Gasteiger partial charge in [-0.05, 0) is 43.7 Å². The molecular formula is C18H18ClNO4S. The Kier molecular flexibility index (Phi) is 6.33. The van der Waals surface area contributed by atoms with Crippen molar-refractivity contribution in [1.29, 1.82) is 0 Å². The highest BCUT2D eigenvalue weighted by molar-refractivity contribution is 7.84. The number of nitrogens with one attached hydrogen (secondary N) is 1. The number of ether oxygens (including phenoxy) is 1. The molecule has 25 heavy (non-hydrogen) atoms. The van der Waals surface area contributed by atoms with Gasteiger partial charge in [0.2, 0.25) is 0 Å². The summed E-state index contributed by atoms with van der Waals surface area (Å²) >= 11 is 5.93. The molecule has 0 aliphatic carbocycles. The van der Waals surface area contributed by atoms with Crippen LogP contribution in [-0.4, -0.2) is 28.4 Å². The number of carbonyl (C=O) groups excluding carboxylic acids is 2. The van der Waals surface area contributed by atoms with Crippen molar-refractivity contribution in [2.75, 3.05) is 11.6 Å². The van der Waals surface area contributed by atoms with Crippen LogP contribution in [0.4, 0.5) is 5.69 Å². The van der Waals surface area contributed by atoms with Gasteiger partial charge in [-0.25, -0.2) is 4.79 Å². The number of esters is 1. The molecule has 132 valence electrons. The number of hydrogen-bond acceptors (Lipinski definition) is 4. The molecule has 0 spiro atoms. The van der Waals surface area contributed by atoms with Crippen molar-refractivity contribution in [2.45, 2.75) is 24.8 Å². The van der Waals surface area contributed by atoms with E-state index in [1.54, 1.807) is 36.4 Å². The van der Waals surface area contributed by atoms with Crippen LogP contribution in [0.15, 0.2) is 47.4 Å². The molecule has 1 amide bonds. The molecule has 0 aliphatic rings. The number of aryl methyl sites for hydroxylation is 1. The zero-order valence-electron chi connectivity index (χ0n) is 14.0. The Bertz CT molecular complexity index is 838. The van der Waals surface area contributed by atoms with Gasteiger partial charge in [-0.1, -0.05) is 29.8 Å². The zero-order chi connectivity index (χ0) is 18.6. The molecule has 2 aromatic carbocycles. The molecule has 0 radical (unpaired) electrons. The van der Waals surface area contributed by atoms with Crippen molar-refractivity contribution in [3.63, 3.8) is 0 Å². The quantitative estimate of drug-likeness (QED) is 0.806. The Morgan fingerprint density at radius 2 is 1.88 bits per heavy atom. The number of rotatable bonds is 5. The molecule has 2 atom stereocenters. The Morgan fingerprint density at radius 3 is 2.56 bits per heavy atom. The minimum absolute atomic E-state index is 0.182. The van der Waals surface area contributed by atoms with Gasteiger partial charge in [-0.2, -0.15) is 0 Å². The van der Waals surface area contributed by atoms with E-state index < -0.39 is 28.8 Å². The second-order valence-electron chi connectivity index (χ2n) is 5.45. The number of anilines is 1. The van der Waals surface area contributed by atoms with E-state index in [-0.39, 0.29) is 5.56 Å². The third-order valence-electron chi connectivity index (χ3n) is 3.53. The van der Waals surface area contributed by atoms with Crippen LogP contribution in [-0.2, 0) is 20.3 Å². The molecule has 7 heteroatoms. The third kappa shape index (κ3) is 4.90. The Labute approximate surface area is 153 Å². The summed E-state index contributed by atoms with van der Waals surface area (Å²) in [5.74, 6) is -1.18. The molecule has 2 rings (SSSR count). The molecule has 0 unspecified atom stereocenters. The normalized spacial score (nSPS) is 13.0. The summed E-state index contributed by atoms with van der Waals surface area (Å²) in [5, 5.41) is 3.18.